The maximum absolute atomic E-state index is 12.5. The Hall–Kier alpha value is -2.97. The van der Waals surface area contributed by atoms with Crippen LogP contribution >= 0.6 is 0 Å². The standard InChI is InChI=1S/C21H25N3O4S/c1-4-24(5-2)29(27,28)19-13-8-17(9-14-19)10-15-20(25)22-23-21(26)18-11-6-16(3)7-12-18/h6-15H,4-5H2,1-3H3,(H,22,25)(H,23,26). The van der Waals surface area contributed by atoms with Crippen LogP contribution in [-0.2, 0) is 14.8 Å². The highest BCUT2D eigenvalue weighted by atomic mass is 32.2. The SMILES string of the molecule is CCN(CC)S(=O)(=O)c1ccc(C=CC(=O)NNC(=O)c2ccc(C)cc2)cc1. The van der Waals surface area contributed by atoms with Gasteiger partial charge in [0.05, 0.1) is 4.90 Å². The Morgan fingerprint density at radius 2 is 1.52 bits per heavy atom. The lowest BCUT2D eigenvalue weighted by Gasteiger charge is -2.18. The van der Waals surface area contributed by atoms with Gasteiger partial charge >= 0.3 is 0 Å². The van der Waals surface area contributed by atoms with Crippen molar-refractivity contribution in [2.75, 3.05) is 13.1 Å². The number of hydrogen-bond donors (Lipinski definition) is 2. The fourth-order valence-electron chi connectivity index (χ4n) is 2.57. The zero-order valence-corrected chi connectivity index (χ0v) is 17.5. The zero-order valence-electron chi connectivity index (χ0n) is 16.7. The molecule has 0 aromatic heterocycles. The Balaban J connectivity index is 1.94. The minimum Gasteiger partial charge on any atom is -0.268 e. The van der Waals surface area contributed by atoms with Crippen LogP contribution in [0, 0.1) is 6.92 Å². The average molecular weight is 416 g/mol. The van der Waals surface area contributed by atoms with Gasteiger partial charge < -0.3 is 0 Å². The largest absolute Gasteiger partial charge is 0.269 e. The fourth-order valence-corrected chi connectivity index (χ4v) is 4.03. The van der Waals surface area contributed by atoms with E-state index in [-0.39, 0.29) is 4.90 Å². The van der Waals surface area contributed by atoms with E-state index in [4.69, 9.17) is 0 Å². The molecule has 2 amide bonds. The van der Waals surface area contributed by atoms with Crippen LogP contribution in [0.15, 0.2) is 59.5 Å². The van der Waals surface area contributed by atoms with Crippen molar-refractivity contribution >= 4 is 27.9 Å². The van der Waals surface area contributed by atoms with Crippen molar-refractivity contribution in [1.82, 2.24) is 15.2 Å². The topological polar surface area (TPSA) is 95.6 Å². The third-order valence-electron chi connectivity index (χ3n) is 4.26. The van der Waals surface area contributed by atoms with E-state index in [1.165, 1.54) is 28.6 Å². The molecule has 29 heavy (non-hydrogen) atoms. The third kappa shape index (κ3) is 6.00. The summed E-state index contributed by atoms with van der Waals surface area (Å²) in [6.45, 7) is 6.28. The van der Waals surface area contributed by atoms with Crippen LogP contribution in [0.5, 0.6) is 0 Å². The Morgan fingerprint density at radius 3 is 2.07 bits per heavy atom. The average Bonchev–Trinajstić information content (AvgIpc) is 2.72. The molecule has 2 aromatic carbocycles. The Morgan fingerprint density at radius 1 is 0.931 bits per heavy atom. The maximum Gasteiger partial charge on any atom is 0.269 e. The first kappa shape index (κ1) is 22.3. The predicted molar refractivity (Wildman–Crippen MR) is 112 cm³/mol. The molecule has 8 heteroatoms. The molecule has 0 spiro atoms. The van der Waals surface area contributed by atoms with Crippen molar-refractivity contribution in [2.24, 2.45) is 0 Å². The van der Waals surface area contributed by atoms with Gasteiger partial charge in [-0.1, -0.05) is 43.7 Å². The monoisotopic (exact) mass is 415 g/mol. The molecule has 0 saturated carbocycles. The number of carbonyl (C=O) groups is 2. The first-order valence-electron chi connectivity index (χ1n) is 9.23. The van der Waals surface area contributed by atoms with Crippen LogP contribution in [0.1, 0.15) is 35.3 Å². The van der Waals surface area contributed by atoms with Crippen molar-refractivity contribution in [3.8, 4) is 0 Å². The number of benzene rings is 2. The van der Waals surface area contributed by atoms with Gasteiger partial charge in [-0.05, 0) is 42.8 Å². The molecule has 0 aliphatic carbocycles. The van der Waals surface area contributed by atoms with Crippen LogP contribution in [0.2, 0.25) is 0 Å². The molecule has 0 heterocycles. The fraction of sp³-hybridized carbons (Fsp3) is 0.238. The lowest BCUT2D eigenvalue weighted by Crippen LogP contribution is -2.40. The van der Waals surface area contributed by atoms with Gasteiger partial charge in [0.2, 0.25) is 10.0 Å². The van der Waals surface area contributed by atoms with Crippen molar-refractivity contribution in [2.45, 2.75) is 25.7 Å². The summed E-state index contributed by atoms with van der Waals surface area (Å²) in [5, 5.41) is 0. The molecule has 154 valence electrons. The van der Waals surface area contributed by atoms with E-state index >= 15 is 0 Å². The second-order valence-corrected chi connectivity index (χ2v) is 8.24. The van der Waals surface area contributed by atoms with E-state index in [1.54, 1.807) is 50.2 Å². The molecule has 0 unspecified atom stereocenters. The van der Waals surface area contributed by atoms with E-state index in [1.807, 2.05) is 6.92 Å². The summed E-state index contributed by atoms with van der Waals surface area (Å²) in [6.07, 6.45) is 2.78. The number of nitrogens with one attached hydrogen (secondary N) is 2. The predicted octanol–water partition coefficient (Wildman–Crippen LogP) is 2.50. The molecule has 0 radical (unpaired) electrons. The van der Waals surface area contributed by atoms with Gasteiger partial charge in [0.1, 0.15) is 0 Å². The number of hydrogen-bond acceptors (Lipinski definition) is 4. The molecule has 0 aliphatic rings. The van der Waals surface area contributed by atoms with E-state index in [0.29, 0.717) is 24.2 Å². The highest BCUT2D eigenvalue weighted by Gasteiger charge is 2.20. The number of aryl methyl sites for hydroxylation is 1. The highest BCUT2D eigenvalue weighted by Crippen LogP contribution is 2.16. The van der Waals surface area contributed by atoms with Gasteiger partial charge in [0.25, 0.3) is 11.8 Å². The number of rotatable bonds is 7. The van der Waals surface area contributed by atoms with Crippen LogP contribution < -0.4 is 10.9 Å². The van der Waals surface area contributed by atoms with Crippen molar-refractivity contribution in [3.63, 3.8) is 0 Å². The van der Waals surface area contributed by atoms with Crippen molar-refractivity contribution in [3.05, 3.63) is 71.3 Å². The summed E-state index contributed by atoms with van der Waals surface area (Å²) in [7, 11) is -3.51. The van der Waals surface area contributed by atoms with Crippen molar-refractivity contribution in [1.29, 1.82) is 0 Å². The summed E-state index contributed by atoms with van der Waals surface area (Å²) in [6, 6.07) is 13.2. The second kappa shape index (κ2) is 9.99. The Labute approximate surface area is 171 Å². The van der Waals surface area contributed by atoms with Crippen molar-refractivity contribution < 1.29 is 18.0 Å². The zero-order chi connectivity index (χ0) is 21.4. The second-order valence-electron chi connectivity index (χ2n) is 6.30. The van der Waals surface area contributed by atoms with Gasteiger partial charge in [-0.25, -0.2) is 8.42 Å². The Bertz CT molecular complexity index is 978. The molecule has 0 fully saturated rings. The smallest absolute Gasteiger partial charge is 0.268 e. The van der Waals surface area contributed by atoms with Gasteiger partial charge in [0.15, 0.2) is 0 Å². The minimum absolute atomic E-state index is 0.202. The summed E-state index contributed by atoms with van der Waals surface area (Å²) < 4.78 is 26.3. The number of nitrogens with zero attached hydrogens (tertiary/aromatic N) is 1. The number of hydrazine groups is 1. The quantitative estimate of drug-likeness (QED) is 0.536. The first-order valence-corrected chi connectivity index (χ1v) is 10.7. The van der Waals surface area contributed by atoms with Crippen LogP contribution in [0.3, 0.4) is 0 Å². The number of amides is 2. The first-order chi connectivity index (χ1) is 13.8. The lowest BCUT2D eigenvalue weighted by atomic mass is 10.1. The van der Waals surface area contributed by atoms with Crippen LogP contribution in [0.25, 0.3) is 6.08 Å². The van der Waals surface area contributed by atoms with E-state index in [0.717, 1.165) is 5.56 Å². The highest BCUT2D eigenvalue weighted by molar-refractivity contribution is 7.89. The molecule has 0 aliphatic heterocycles. The Kier molecular flexibility index (Phi) is 7.69. The van der Waals surface area contributed by atoms with E-state index < -0.39 is 21.8 Å². The van der Waals surface area contributed by atoms with Gasteiger partial charge in [-0.15, -0.1) is 0 Å². The van der Waals surface area contributed by atoms with Crippen LogP contribution in [0.4, 0.5) is 0 Å². The molecular weight excluding hydrogens is 390 g/mol. The molecule has 0 bridgehead atoms. The van der Waals surface area contributed by atoms with Gasteiger partial charge in [-0.3, -0.25) is 20.4 Å². The summed E-state index contributed by atoms with van der Waals surface area (Å²) in [5.74, 6) is -0.928. The normalized spacial score (nSPS) is 11.6. The molecule has 7 nitrogen and oxygen atoms in total. The third-order valence-corrected chi connectivity index (χ3v) is 6.33. The maximum atomic E-state index is 12.5. The van der Waals surface area contributed by atoms with E-state index in [2.05, 4.69) is 10.9 Å². The summed E-state index contributed by atoms with van der Waals surface area (Å²) in [4.78, 5) is 24.0. The summed E-state index contributed by atoms with van der Waals surface area (Å²) >= 11 is 0. The van der Waals surface area contributed by atoms with Gasteiger partial charge in [0, 0.05) is 24.7 Å². The molecule has 2 aromatic rings. The molecule has 2 rings (SSSR count). The van der Waals surface area contributed by atoms with Gasteiger partial charge in [-0.2, -0.15) is 4.31 Å². The van der Waals surface area contributed by atoms with E-state index in [9.17, 15) is 18.0 Å². The molecule has 0 atom stereocenters. The molecule has 0 saturated heterocycles. The molecular formula is C21H25N3O4S. The summed E-state index contributed by atoms with van der Waals surface area (Å²) in [5.41, 5.74) is 6.76. The number of carbonyl (C=O) groups excluding carboxylic acids is 2. The lowest BCUT2D eigenvalue weighted by molar-refractivity contribution is -0.117. The minimum atomic E-state index is -3.51. The molecule has 2 N–H and O–H groups in total. The number of sulfonamides is 1. The van der Waals surface area contributed by atoms with Crippen LogP contribution in [-0.4, -0.2) is 37.6 Å².